The van der Waals surface area contributed by atoms with Crippen molar-refractivity contribution in [3.05, 3.63) is 70.4 Å². The number of carboxylic acid groups (broad SMARTS) is 1. The van der Waals surface area contributed by atoms with Crippen LogP contribution in [0, 0.1) is 0 Å². The smallest absolute Gasteiger partial charge is 0.335 e. The van der Waals surface area contributed by atoms with Crippen molar-refractivity contribution in [3.8, 4) is 0 Å². The van der Waals surface area contributed by atoms with Gasteiger partial charge in [-0.15, -0.1) is 11.3 Å². The minimum absolute atomic E-state index is 0.322. The Morgan fingerprint density at radius 1 is 1.00 bits per heavy atom. The molecular formula is C18H13NO2S. The minimum Gasteiger partial charge on any atom is -0.478 e. The quantitative estimate of drug-likeness (QED) is 0.601. The van der Waals surface area contributed by atoms with Crippen LogP contribution in [0.2, 0.25) is 0 Å². The molecule has 4 aromatic rings. The van der Waals surface area contributed by atoms with Gasteiger partial charge >= 0.3 is 5.97 Å². The standard InChI is InChI=1S/C18H13NO2S/c20-18(21)12-7-8-15-14-5-1-2-6-16(14)19(17(15)10-12)11-13-4-3-9-22-13/h1-10H,11H2,(H,20,21). The van der Waals surface area contributed by atoms with Gasteiger partial charge in [-0.2, -0.15) is 0 Å². The van der Waals surface area contributed by atoms with Crippen molar-refractivity contribution in [1.29, 1.82) is 0 Å². The van der Waals surface area contributed by atoms with E-state index in [0.717, 1.165) is 28.4 Å². The maximum atomic E-state index is 11.3. The zero-order chi connectivity index (χ0) is 15.1. The van der Waals surface area contributed by atoms with E-state index in [0.29, 0.717) is 5.56 Å². The van der Waals surface area contributed by atoms with Crippen LogP contribution in [0.4, 0.5) is 0 Å². The Hall–Kier alpha value is -2.59. The number of nitrogens with zero attached hydrogens (tertiary/aromatic N) is 1. The molecule has 0 saturated heterocycles. The van der Waals surface area contributed by atoms with Crippen molar-refractivity contribution >= 4 is 39.1 Å². The SMILES string of the molecule is O=C(O)c1ccc2c3ccccc3n(Cc3cccs3)c2c1. The van der Waals surface area contributed by atoms with Crippen molar-refractivity contribution in [2.75, 3.05) is 0 Å². The van der Waals surface area contributed by atoms with Crippen LogP contribution in [0.1, 0.15) is 15.2 Å². The second-order valence-corrected chi connectivity index (χ2v) is 6.25. The zero-order valence-corrected chi connectivity index (χ0v) is 12.5. The van der Waals surface area contributed by atoms with E-state index >= 15 is 0 Å². The Morgan fingerprint density at radius 2 is 1.82 bits per heavy atom. The highest BCUT2D eigenvalue weighted by molar-refractivity contribution is 7.09. The molecule has 0 bridgehead atoms. The molecule has 22 heavy (non-hydrogen) atoms. The molecule has 0 fully saturated rings. The van der Waals surface area contributed by atoms with E-state index in [1.54, 1.807) is 23.5 Å². The van der Waals surface area contributed by atoms with Gasteiger partial charge < -0.3 is 9.67 Å². The molecule has 0 saturated carbocycles. The largest absolute Gasteiger partial charge is 0.478 e. The van der Waals surface area contributed by atoms with E-state index in [1.807, 2.05) is 24.3 Å². The number of aromatic carboxylic acids is 1. The molecule has 0 spiro atoms. The van der Waals surface area contributed by atoms with Gasteiger partial charge in [-0.05, 0) is 29.6 Å². The molecule has 3 nitrogen and oxygen atoms in total. The van der Waals surface area contributed by atoms with E-state index in [9.17, 15) is 9.90 Å². The Labute approximate surface area is 131 Å². The molecule has 0 amide bonds. The fraction of sp³-hybridized carbons (Fsp3) is 0.0556. The summed E-state index contributed by atoms with van der Waals surface area (Å²) in [5, 5.41) is 13.6. The lowest BCUT2D eigenvalue weighted by Gasteiger charge is -2.06. The highest BCUT2D eigenvalue weighted by Gasteiger charge is 2.13. The molecular weight excluding hydrogens is 294 g/mol. The summed E-state index contributed by atoms with van der Waals surface area (Å²) in [6.07, 6.45) is 0. The summed E-state index contributed by atoms with van der Waals surface area (Å²) in [7, 11) is 0. The van der Waals surface area contributed by atoms with Gasteiger partial charge in [0.2, 0.25) is 0 Å². The summed E-state index contributed by atoms with van der Waals surface area (Å²) < 4.78 is 2.20. The molecule has 0 aliphatic carbocycles. The minimum atomic E-state index is -0.894. The first-order chi connectivity index (χ1) is 10.7. The van der Waals surface area contributed by atoms with Crippen LogP contribution >= 0.6 is 11.3 Å². The average molecular weight is 307 g/mol. The van der Waals surface area contributed by atoms with Gasteiger partial charge in [0.1, 0.15) is 0 Å². The number of hydrogen-bond acceptors (Lipinski definition) is 2. The number of aromatic nitrogens is 1. The molecule has 4 heteroatoms. The molecule has 0 unspecified atom stereocenters. The summed E-state index contributed by atoms with van der Waals surface area (Å²) in [5.74, 6) is -0.894. The Bertz CT molecular complexity index is 983. The molecule has 4 rings (SSSR count). The lowest BCUT2D eigenvalue weighted by atomic mass is 10.1. The normalized spacial score (nSPS) is 11.3. The first-order valence-corrected chi connectivity index (χ1v) is 7.88. The second-order valence-electron chi connectivity index (χ2n) is 5.22. The van der Waals surface area contributed by atoms with E-state index in [1.165, 1.54) is 4.88 Å². The van der Waals surface area contributed by atoms with Crippen LogP contribution < -0.4 is 0 Å². The highest BCUT2D eigenvalue weighted by atomic mass is 32.1. The number of thiophene rings is 1. The number of fused-ring (bicyclic) bond motifs is 3. The Morgan fingerprint density at radius 3 is 2.59 bits per heavy atom. The molecule has 0 atom stereocenters. The molecule has 2 aromatic heterocycles. The van der Waals surface area contributed by atoms with Gasteiger partial charge in [0, 0.05) is 21.2 Å². The van der Waals surface area contributed by atoms with E-state index in [4.69, 9.17) is 0 Å². The van der Waals surface area contributed by atoms with Crippen molar-refractivity contribution in [3.63, 3.8) is 0 Å². The third kappa shape index (κ3) is 2.00. The first kappa shape index (κ1) is 13.1. The Kier molecular flexibility index (Phi) is 2.98. The molecule has 1 N–H and O–H groups in total. The summed E-state index contributed by atoms with van der Waals surface area (Å²) in [5.41, 5.74) is 2.42. The molecule has 2 aromatic carbocycles. The van der Waals surface area contributed by atoms with Gasteiger partial charge in [-0.1, -0.05) is 30.3 Å². The monoisotopic (exact) mass is 307 g/mol. The van der Waals surface area contributed by atoms with Gasteiger partial charge in [0.05, 0.1) is 17.6 Å². The lowest BCUT2D eigenvalue weighted by molar-refractivity contribution is 0.0697. The van der Waals surface area contributed by atoms with Crippen molar-refractivity contribution < 1.29 is 9.90 Å². The third-order valence-corrected chi connectivity index (χ3v) is 4.78. The zero-order valence-electron chi connectivity index (χ0n) is 11.7. The highest BCUT2D eigenvalue weighted by Crippen LogP contribution is 2.30. The van der Waals surface area contributed by atoms with Gasteiger partial charge in [-0.25, -0.2) is 4.79 Å². The van der Waals surface area contributed by atoms with Gasteiger partial charge in [0.15, 0.2) is 0 Å². The number of para-hydroxylation sites is 1. The van der Waals surface area contributed by atoms with E-state index in [2.05, 4.69) is 28.1 Å². The van der Waals surface area contributed by atoms with Crippen molar-refractivity contribution in [1.82, 2.24) is 4.57 Å². The molecule has 108 valence electrons. The van der Waals surface area contributed by atoms with E-state index < -0.39 is 5.97 Å². The number of benzene rings is 2. The molecule has 0 aliphatic rings. The fourth-order valence-corrected chi connectivity index (χ4v) is 3.60. The summed E-state index contributed by atoms with van der Waals surface area (Å²) in [6, 6.07) is 17.7. The summed E-state index contributed by atoms with van der Waals surface area (Å²) in [4.78, 5) is 12.5. The van der Waals surface area contributed by atoms with Crippen LogP contribution in [-0.2, 0) is 6.54 Å². The summed E-state index contributed by atoms with van der Waals surface area (Å²) in [6.45, 7) is 0.755. The maximum Gasteiger partial charge on any atom is 0.335 e. The predicted octanol–water partition coefficient (Wildman–Crippen LogP) is 4.60. The molecule has 0 radical (unpaired) electrons. The van der Waals surface area contributed by atoms with Crippen LogP contribution in [0.3, 0.4) is 0 Å². The molecule has 0 aliphatic heterocycles. The first-order valence-electron chi connectivity index (χ1n) is 7.01. The predicted molar refractivity (Wildman–Crippen MR) is 89.8 cm³/mol. The van der Waals surface area contributed by atoms with Gasteiger partial charge in [0.25, 0.3) is 0 Å². The van der Waals surface area contributed by atoms with Crippen LogP contribution in [0.5, 0.6) is 0 Å². The van der Waals surface area contributed by atoms with Crippen LogP contribution in [0.15, 0.2) is 60.0 Å². The van der Waals surface area contributed by atoms with E-state index in [-0.39, 0.29) is 0 Å². The second kappa shape index (κ2) is 5.00. The fourth-order valence-electron chi connectivity index (χ4n) is 2.91. The van der Waals surface area contributed by atoms with Crippen molar-refractivity contribution in [2.24, 2.45) is 0 Å². The number of hydrogen-bond donors (Lipinski definition) is 1. The maximum absolute atomic E-state index is 11.3. The van der Waals surface area contributed by atoms with Gasteiger partial charge in [-0.3, -0.25) is 0 Å². The average Bonchev–Trinajstić information content (AvgIpc) is 3.15. The summed E-state index contributed by atoms with van der Waals surface area (Å²) >= 11 is 1.71. The van der Waals surface area contributed by atoms with Crippen molar-refractivity contribution in [2.45, 2.75) is 6.54 Å². The van der Waals surface area contributed by atoms with Crippen LogP contribution in [0.25, 0.3) is 21.8 Å². The lowest BCUT2D eigenvalue weighted by Crippen LogP contribution is -2.00. The topological polar surface area (TPSA) is 42.2 Å². The Balaban J connectivity index is 2.04. The number of carboxylic acids is 1. The van der Waals surface area contributed by atoms with Crippen LogP contribution in [-0.4, -0.2) is 15.6 Å². The number of carbonyl (C=O) groups is 1. The number of rotatable bonds is 3. The molecule has 2 heterocycles. The third-order valence-electron chi connectivity index (χ3n) is 3.91.